The number of nitrogens with zero attached hydrogens (tertiary/aromatic N) is 1. The van der Waals surface area contributed by atoms with Crippen molar-refractivity contribution in [1.29, 1.82) is 0 Å². The second-order valence-corrected chi connectivity index (χ2v) is 7.78. The Kier molecular flexibility index (Phi) is 7.58. The molecule has 0 radical (unpaired) electrons. The molecule has 5 nitrogen and oxygen atoms in total. The number of benzene rings is 2. The molecule has 2 aromatic carbocycles. The van der Waals surface area contributed by atoms with Crippen molar-refractivity contribution in [3.05, 3.63) is 35.9 Å². The van der Waals surface area contributed by atoms with Crippen molar-refractivity contribution in [3.8, 4) is 11.5 Å². The second-order valence-electron chi connectivity index (χ2n) is 7.78. The van der Waals surface area contributed by atoms with E-state index in [2.05, 4.69) is 31.0 Å². The SMILES string of the molecule is CCN(C)CCc1ccc2cc(OC(=O)C(C)C)c(OC(=O)C(C)C)cc2c1. The predicted molar refractivity (Wildman–Crippen MR) is 112 cm³/mol. The van der Waals surface area contributed by atoms with E-state index in [4.69, 9.17) is 9.47 Å². The summed E-state index contributed by atoms with van der Waals surface area (Å²) in [4.78, 5) is 26.5. The summed E-state index contributed by atoms with van der Waals surface area (Å²) < 4.78 is 11.0. The number of ether oxygens (including phenoxy) is 2. The number of carbonyl (C=O) groups is 2. The Morgan fingerprint density at radius 2 is 1.43 bits per heavy atom. The van der Waals surface area contributed by atoms with Crippen molar-refractivity contribution < 1.29 is 19.1 Å². The number of hydrogen-bond donors (Lipinski definition) is 0. The summed E-state index contributed by atoms with van der Waals surface area (Å²) in [7, 11) is 2.10. The highest BCUT2D eigenvalue weighted by Crippen LogP contribution is 2.34. The first-order valence-corrected chi connectivity index (χ1v) is 9.89. The van der Waals surface area contributed by atoms with Gasteiger partial charge in [-0.1, -0.05) is 52.8 Å². The highest BCUT2D eigenvalue weighted by atomic mass is 16.6. The molecule has 0 amide bonds. The normalized spacial score (nSPS) is 11.5. The van der Waals surface area contributed by atoms with Crippen molar-refractivity contribution in [2.45, 2.75) is 41.0 Å². The first-order chi connectivity index (χ1) is 13.2. The zero-order chi connectivity index (χ0) is 20.8. The number of likely N-dealkylation sites (N-methyl/N-ethyl adjacent to an activating group) is 1. The lowest BCUT2D eigenvalue weighted by atomic mass is 10.0. The van der Waals surface area contributed by atoms with E-state index in [1.807, 2.05) is 6.07 Å². The maximum absolute atomic E-state index is 12.1. The molecule has 0 aliphatic carbocycles. The molecular formula is C23H31NO4. The van der Waals surface area contributed by atoms with Crippen molar-refractivity contribution in [1.82, 2.24) is 4.90 Å². The smallest absolute Gasteiger partial charge is 0.313 e. The molecule has 2 aromatic rings. The molecule has 0 heterocycles. The quantitative estimate of drug-likeness (QED) is 0.496. The molecule has 0 atom stereocenters. The van der Waals surface area contributed by atoms with Crippen molar-refractivity contribution in [2.75, 3.05) is 20.1 Å². The Morgan fingerprint density at radius 1 is 0.893 bits per heavy atom. The maximum Gasteiger partial charge on any atom is 0.313 e. The number of fused-ring (bicyclic) bond motifs is 1. The molecule has 0 fully saturated rings. The first kappa shape index (κ1) is 21.9. The van der Waals surface area contributed by atoms with Crippen molar-refractivity contribution in [3.63, 3.8) is 0 Å². The largest absolute Gasteiger partial charge is 0.422 e. The summed E-state index contributed by atoms with van der Waals surface area (Å²) >= 11 is 0. The maximum atomic E-state index is 12.1. The minimum absolute atomic E-state index is 0.276. The fraction of sp³-hybridized carbons (Fsp3) is 0.478. The highest BCUT2D eigenvalue weighted by molar-refractivity contribution is 5.89. The Bertz CT molecular complexity index is 842. The van der Waals surface area contributed by atoms with E-state index in [1.54, 1.807) is 39.8 Å². The summed E-state index contributed by atoms with van der Waals surface area (Å²) in [6, 6.07) is 9.74. The van der Waals surface area contributed by atoms with E-state index < -0.39 is 0 Å². The van der Waals surface area contributed by atoms with Gasteiger partial charge in [-0.2, -0.15) is 0 Å². The molecule has 152 valence electrons. The molecule has 0 saturated carbocycles. The van der Waals surface area contributed by atoms with Gasteiger partial charge in [-0.05, 0) is 48.5 Å². The van der Waals surface area contributed by atoms with E-state index in [-0.39, 0.29) is 35.3 Å². The van der Waals surface area contributed by atoms with Gasteiger partial charge in [0.15, 0.2) is 11.5 Å². The Balaban J connectivity index is 2.40. The fourth-order valence-corrected chi connectivity index (χ4v) is 2.55. The van der Waals surface area contributed by atoms with Gasteiger partial charge in [0, 0.05) is 6.54 Å². The Hall–Kier alpha value is -2.40. The van der Waals surface area contributed by atoms with Crippen LogP contribution in [0.5, 0.6) is 11.5 Å². The summed E-state index contributed by atoms with van der Waals surface area (Å²) in [6.45, 7) is 11.2. The molecule has 0 aliphatic rings. The molecule has 0 aliphatic heterocycles. The van der Waals surface area contributed by atoms with Crippen LogP contribution in [-0.4, -0.2) is 37.0 Å². The van der Waals surface area contributed by atoms with Crippen LogP contribution in [0, 0.1) is 11.8 Å². The molecule has 0 bridgehead atoms. The summed E-state index contributed by atoms with van der Waals surface area (Å²) in [5.74, 6) is -0.716. The molecule has 0 N–H and O–H groups in total. The topological polar surface area (TPSA) is 55.8 Å². The molecule has 0 saturated heterocycles. The van der Waals surface area contributed by atoms with Crippen molar-refractivity contribution in [2.24, 2.45) is 11.8 Å². The van der Waals surface area contributed by atoms with Crippen LogP contribution < -0.4 is 9.47 Å². The molecule has 0 unspecified atom stereocenters. The van der Waals surface area contributed by atoms with E-state index in [0.29, 0.717) is 0 Å². The average molecular weight is 386 g/mol. The first-order valence-electron chi connectivity index (χ1n) is 9.89. The number of rotatable bonds is 8. The molecule has 0 aromatic heterocycles. The Morgan fingerprint density at radius 3 is 1.93 bits per heavy atom. The number of esters is 2. The van der Waals surface area contributed by atoms with Gasteiger partial charge in [0.2, 0.25) is 0 Å². The number of carbonyl (C=O) groups excluding carboxylic acids is 2. The molecule has 0 spiro atoms. The summed E-state index contributed by atoms with van der Waals surface area (Å²) in [6.07, 6.45) is 0.936. The Labute approximate surface area is 167 Å². The third kappa shape index (κ3) is 5.80. The third-order valence-corrected chi connectivity index (χ3v) is 4.65. The van der Waals surface area contributed by atoms with Gasteiger partial charge >= 0.3 is 11.9 Å². The van der Waals surface area contributed by atoms with Gasteiger partial charge < -0.3 is 14.4 Å². The van der Waals surface area contributed by atoms with Crippen LogP contribution in [0.4, 0.5) is 0 Å². The minimum Gasteiger partial charge on any atom is -0.422 e. The average Bonchev–Trinajstić information content (AvgIpc) is 2.65. The van der Waals surface area contributed by atoms with Crippen LogP contribution in [0.3, 0.4) is 0 Å². The second kappa shape index (κ2) is 9.69. The molecule has 5 heteroatoms. The predicted octanol–water partition coefficient (Wildman–Crippen LogP) is 4.46. The van der Waals surface area contributed by atoms with Crippen LogP contribution in [0.25, 0.3) is 10.8 Å². The van der Waals surface area contributed by atoms with Gasteiger partial charge in [0.05, 0.1) is 11.8 Å². The molecular weight excluding hydrogens is 354 g/mol. The van der Waals surface area contributed by atoms with E-state index in [1.165, 1.54) is 5.56 Å². The number of hydrogen-bond acceptors (Lipinski definition) is 5. The third-order valence-electron chi connectivity index (χ3n) is 4.65. The highest BCUT2D eigenvalue weighted by Gasteiger charge is 2.18. The van der Waals surface area contributed by atoms with Gasteiger partial charge in [-0.3, -0.25) is 9.59 Å². The monoisotopic (exact) mass is 385 g/mol. The molecule has 2 rings (SSSR count). The lowest BCUT2D eigenvalue weighted by Gasteiger charge is -2.15. The van der Waals surface area contributed by atoms with Crippen LogP contribution in [-0.2, 0) is 16.0 Å². The lowest BCUT2D eigenvalue weighted by Crippen LogP contribution is -2.20. The summed E-state index contributed by atoms with van der Waals surface area (Å²) in [5, 5.41) is 1.89. The van der Waals surface area contributed by atoms with Crippen molar-refractivity contribution >= 4 is 22.7 Å². The zero-order valence-corrected chi connectivity index (χ0v) is 17.7. The summed E-state index contributed by atoms with van der Waals surface area (Å²) in [5.41, 5.74) is 1.21. The van der Waals surface area contributed by atoms with Gasteiger partial charge in [0.1, 0.15) is 0 Å². The minimum atomic E-state index is -0.361. The van der Waals surface area contributed by atoms with E-state index in [9.17, 15) is 9.59 Å². The van der Waals surface area contributed by atoms with Gasteiger partial charge in [-0.25, -0.2) is 0 Å². The van der Waals surface area contributed by atoms with Crippen LogP contribution >= 0.6 is 0 Å². The fourth-order valence-electron chi connectivity index (χ4n) is 2.55. The standard InChI is InChI=1S/C23H31NO4/c1-7-24(6)11-10-17-8-9-18-13-20(27-22(25)15(2)3)21(14-19(18)12-17)28-23(26)16(4)5/h8-9,12-16H,7,10-11H2,1-6H3. The molecule has 28 heavy (non-hydrogen) atoms. The lowest BCUT2D eigenvalue weighted by molar-refractivity contribution is -0.140. The van der Waals surface area contributed by atoms with Crippen LogP contribution in [0.1, 0.15) is 40.2 Å². The van der Waals surface area contributed by atoms with Crippen LogP contribution in [0.2, 0.25) is 0 Å². The zero-order valence-electron chi connectivity index (χ0n) is 17.7. The van der Waals surface area contributed by atoms with E-state index >= 15 is 0 Å². The van der Waals surface area contributed by atoms with Gasteiger partial charge in [0.25, 0.3) is 0 Å². The van der Waals surface area contributed by atoms with Crippen LogP contribution in [0.15, 0.2) is 30.3 Å². The van der Waals surface area contributed by atoms with Gasteiger partial charge in [-0.15, -0.1) is 0 Å². The van der Waals surface area contributed by atoms with E-state index in [0.717, 1.165) is 30.3 Å².